The van der Waals surface area contributed by atoms with Crippen LogP contribution in [0.3, 0.4) is 0 Å². The van der Waals surface area contributed by atoms with E-state index in [-0.39, 0.29) is 11.5 Å². The number of amides is 1. The van der Waals surface area contributed by atoms with Gasteiger partial charge in [0.2, 0.25) is 5.91 Å². The number of hydrogen-bond donors (Lipinski definition) is 2. The summed E-state index contributed by atoms with van der Waals surface area (Å²) >= 11 is 5.33. The number of anilines is 1. The lowest BCUT2D eigenvalue weighted by atomic mass is 10.2. The predicted molar refractivity (Wildman–Crippen MR) is 124 cm³/mol. The van der Waals surface area contributed by atoms with Crippen molar-refractivity contribution in [2.45, 2.75) is 32.2 Å². The minimum absolute atomic E-state index is 0.0709. The summed E-state index contributed by atoms with van der Waals surface area (Å²) in [7, 11) is 0. The summed E-state index contributed by atoms with van der Waals surface area (Å²) in [4.78, 5) is 27.9. The van der Waals surface area contributed by atoms with E-state index in [1.54, 1.807) is 21.4 Å². The Morgan fingerprint density at radius 1 is 1.00 bits per heavy atom. The normalized spacial score (nSPS) is 11.0. The summed E-state index contributed by atoms with van der Waals surface area (Å²) in [5.41, 5.74) is 1.61. The molecule has 0 saturated carbocycles. The number of benzene rings is 2. The molecule has 0 saturated heterocycles. The number of para-hydroxylation sites is 2. The molecule has 1 amide bonds. The van der Waals surface area contributed by atoms with E-state index >= 15 is 0 Å². The van der Waals surface area contributed by atoms with Gasteiger partial charge in [-0.3, -0.25) is 14.2 Å². The molecule has 0 radical (unpaired) electrons. The van der Waals surface area contributed by atoms with Gasteiger partial charge in [0.15, 0.2) is 10.6 Å². The van der Waals surface area contributed by atoms with Crippen LogP contribution in [0.5, 0.6) is 0 Å². The molecule has 8 heteroatoms. The molecular formula is C23H23N5O2S. The Balaban J connectivity index is 1.25. The zero-order valence-corrected chi connectivity index (χ0v) is 17.8. The third-order valence-corrected chi connectivity index (χ3v) is 5.37. The van der Waals surface area contributed by atoms with Crippen LogP contribution in [-0.4, -0.2) is 25.2 Å². The second-order valence-electron chi connectivity index (χ2n) is 7.27. The molecule has 2 aromatic carbocycles. The van der Waals surface area contributed by atoms with Crippen LogP contribution in [0.2, 0.25) is 0 Å². The lowest BCUT2D eigenvalue weighted by molar-refractivity contribution is -0.116. The topological polar surface area (TPSA) is 84.7 Å². The van der Waals surface area contributed by atoms with Gasteiger partial charge in [-0.2, -0.15) is 5.10 Å². The van der Waals surface area contributed by atoms with Crippen molar-refractivity contribution in [3.8, 4) is 5.69 Å². The van der Waals surface area contributed by atoms with E-state index in [1.165, 1.54) is 0 Å². The van der Waals surface area contributed by atoms with Crippen LogP contribution in [-0.2, 0) is 11.3 Å². The third-order valence-electron chi connectivity index (χ3n) is 5.05. The van der Waals surface area contributed by atoms with Gasteiger partial charge >= 0.3 is 0 Å². The molecule has 0 aliphatic carbocycles. The highest BCUT2D eigenvalue weighted by Gasteiger charge is 2.07. The van der Waals surface area contributed by atoms with E-state index in [9.17, 15) is 9.59 Å². The minimum atomic E-state index is -0.0777. The number of carbonyl (C=O) groups excluding carboxylic acids is 1. The van der Waals surface area contributed by atoms with Crippen molar-refractivity contribution in [1.29, 1.82) is 0 Å². The van der Waals surface area contributed by atoms with Crippen LogP contribution in [0.15, 0.2) is 71.7 Å². The maximum absolute atomic E-state index is 12.6. The van der Waals surface area contributed by atoms with Gasteiger partial charge in [-0.1, -0.05) is 36.8 Å². The summed E-state index contributed by atoms with van der Waals surface area (Å²) in [6.45, 7) is 0.530. The summed E-state index contributed by atoms with van der Waals surface area (Å²) in [5.74, 6) is 0.460. The van der Waals surface area contributed by atoms with Crippen molar-refractivity contribution in [2.24, 2.45) is 0 Å². The van der Waals surface area contributed by atoms with Crippen molar-refractivity contribution >= 4 is 34.8 Å². The summed E-state index contributed by atoms with van der Waals surface area (Å²) in [6, 6.07) is 18.8. The third kappa shape index (κ3) is 4.97. The van der Waals surface area contributed by atoms with Crippen LogP contribution in [0.1, 0.15) is 25.7 Å². The molecule has 2 heterocycles. The first-order chi connectivity index (χ1) is 15.1. The van der Waals surface area contributed by atoms with Gasteiger partial charge in [-0.05, 0) is 49.3 Å². The Morgan fingerprint density at radius 2 is 1.77 bits per heavy atom. The Bertz CT molecular complexity index is 1310. The Kier molecular flexibility index (Phi) is 6.37. The molecule has 4 rings (SSSR count). The standard InChI is InChI=1S/C23H23N5O2S/c29-21(25-20-14-16-28(26-20)17-9-3-1-4-10-17)13-5-2-8-15-27-22(30)18-11-6-7-12-19(18)24-23(27)31/h1,3-4,6-7,9-12,14,16H,2,5,8,13,15H2,(H,24,31)(H,25,26,29). The zero-order chi connectivity index (χ0) is 21.6. The van der Waals surface area contributed by atoms with E-state index in [0.717, 1.165) is 30.5 Å². The highest BCUT2D eigenvalue weighted by Crippen LogP contribution is 2.11. The smallest absolute Gasteiger partial charge is 0.262 e. The van der Waals surface area contributed by atoms with Gasteiger partial charge in [0, 0.05) is 25.2 Å². The molecule has 0 atom stereocenters. The average molecular weight is 434 g/mol. The first-order valence-electron chi connectivity index (χ1n) is 10.2. The van der Waals surface area contributed by atoms with Crippen LogP contribution in [0, 0.1) is 4.77 Å². The first-order valence-corrected chi connectivity index (χ1v) is 10.7. The Morgan fingerprint density at radius 3 is 2.61 bits per heavy atom. The fourth-order valence-corrected chi connectivity index (χ4v) is 3.74. The highest BCUT2D eigenvalue weighted by molar-refractivity contribution is 7.71. The molecule has 7 nitrogen and oxygen atoms in total. The van der Waals surface area contributed by atoms with Crippen LogP contribution >= 0.6 is 12.2 Å². The molecule has 0 unspecified atom stereocenters. The molecule has 0 aliphatic heterocycles. The van der Waals surface area contributed by atoms with Crippen molar-refractivity contribution in [2.75, 3.05) is 5.32 Å². The van der Waals surface area contributed by atoms with Gasteiger partial charge in [-0.15, -0.1) is 0 Å². The maximum atomic E-state index is 12.6. The number of rotatable bonds is 8. The lowest BCUT2D eigenvalue weighted by Crippen LogP contribution is -2.22. The Labute approximate surface area is 184 Å². The van der Waals surface area contributed by atoms with E-state index < -0.39 is 0 Å². The van der Waals surface area contributed by atoms with Gasteiger partial charge in [-0.25, -0.2) is 4.68 Å². The van der Waals surface area contributed by atoms with Crippen molar-refractivity contribution < 1.29 is 4.79 Å². The number of nitrogens with one attached hydrogen (secondary N) is 2. The molecule has 2 N–H and O–H groups in total. The number of aromatic nitrogens is 4. The van der Waals surface area contributed by atoms with Crippen molar-refractivity contribution in [3.63, 3.8) is 0 Å². The van der Waals surface area contributed by atoms with Crippen LogP contribution < -0.4 is 10.9 Å². The zero-order valence-electron chi connectivity index (χ0n) is 17.0. The highest BCUT2D eigenvalue weighted by atomic mass is 32.1. The quantitative estimate of drug-likeness (QED) is 0.318. The molecular weight excluding hydrogens is 410 g/mol. The number of nitrogens with zero attached hydrogens (tertiary/aromatic N) is 3. The summed E-state index contributed by atoms with van der Waals surface area (Å²) < 4.78 is 3.74. The summed E-state index contributed by atoms with van der Waals surface area (Å²) in [6.07, 6.45) is 4.53. The lowest BCUT2D eigenvalue weighted by Gasteiger charge is -2.08. The van der Waals surface area contributed by atoms with Gasteiger partial charge < -0.3 is 10.3 Å². The Hall–Kier alpha value is -3.52. The van der Waals surface area contributed by atoms with Gasteiger partial charge in [0.05, 0.1) is 16.6 Å². The van der Waals surface area contributed by atoms with Crippen molar-refractivity contribution in [3.05, 3.63) is 82.0 Å². The van der Waals surface area contributed by atoms with E-state index in [2.05, 4.69) is 15.4 Å². The number of aromatic amines is 1. The minimum Gasteiger partial charge on any atom is -0.332 e. The molecule has 0 aliphatic rings. The average Bonchev–Trinajstić information content (AvgIpc) is 3.24. The molecule has 31 heavy (non-hydrogen) atoms. The largest absolute Gasteiger partial charge is 0.332 e. The SMILES string of the molecule is O=C(CCCCCn1c(=S)[nH]c2ccccc2c1=O)Nc1ccn(-c2ccccc2)n1. The molecule has 158 valence electrons. The number of fused-ring (bicyclic) bond motifs is 1. The van der Waals surface area contributed by atoms with Crippen molar-refractivity contribution in [1.82, 2.24) is 19.3 Å². The molecule has 0 spiro atoms. The number of unbranched alkanes of at least 4 members (excludes halogenated alkanes) is 2. The second-order valence-corrected chi connectivity index (χ2v) is 7.66. The predicted octanol–water partition coefficient (Wildman–Crippen LogP) is 4.44. The van der Waals surface area contributed by atoms with Gasteiger partial charge in [0.25, 0.3) is 5.56 Å². The van der Waals surface area contributed by atoms with E-state index in [1.807, 2.05) is 54.7 Å². The number of hydrogen-bond acceptors (Lipinski definition) is 4. The fraction of sp³-hybridized carbons (Fsp3) is 0.217. The van der Waals surface area contributed by atoms with E-state index in [0.29, 0.717) is 28.9 Å². The summed E-state index contributed by atoms with van der Waals surface area (Å²) in [5, 5.41) is 7.84. The van der Waals surface area contributed by atoms with E-state index in [4.69, 9.17) is 12.2 Å². The fourth-order valence-electron chi connectivity index (χ4n) is 3.45. The van der Waals surface area contributed by atoms with Gasteiger partial charge in [0.1, 0.15) is 0 Å². The number of carbonyl (C=O) groups is 1. The second kappa shape index (κ2) is 9.53. The van der Waals surface area contributed by atoms with Crippen LogP contribution in [0.4, 0.5) is 5.82 Å². The molecule has 0 fully saturated rings. The monoisotopic (exact) mass is 433 g/mol. The molecule has 2 aromatic heterocycles. The molecule has 0 bridgehead atoms. The first kappa shape index (κ1) is 20.7. The number of H-pyrrole nitrogens is 1. The van der Waals surface area contributed by atoms with Crippen LogP contribution in [0.25, 0.3) is 16.6 Å². The molecule has 4 aromatic rings. The maximum Gasteiger partial charge on any atom is 0.262 e.